The Morgan fingerprint density at radius 3 is 2.69 bits per heavy atom. The molecule has 2 aromatic rings. The first-order chi connectivity index (χ1) is 12.5. The first-order valence-corrected chi connectivity index (χ1v) is 8.58. The van der Waals surface area contributed by atoms with E-state index in [1.54, 1.807) is 18.6 Å². The molecule has 1 aromatic heterocycles. The van der Waals surface area contributed by atoms with E-state index in [1.165, 1.54) is 18.2 Å². The van der Waals surface area contributed by atoms with Crippen LogP contribution in [0, 0.1) is 10.1 Å². The highest BCUT2D eigenvalue weighted by molar-refractivity contribution is 6.31. The summed E-state index contributed by atoms with van der Waals surface area (Å²) in [4.78, 5) is 31.0. The normalized spacial score (nSPS) is 19.6. The third-order valence-electron chi connectivity index (χ3n) is 4.24. The number of nitro benzene ring substituents is 1. The number of benzene rings is 1. The van der Waals surface area contributed by atoms with Crippen molar-refractivity contribution in [3.8, 4) is 5.88 Å². The zero-order valence-electron chi connectivity index (χ0n) is 13.8. The lowest BCUT2D eigenvalue weighted by molar-refractivity contribution is -0.385. The van der Waals surface area contributed by atoms with Crippen molar-refractivity contribution in [1.29, 1.82) is 0 Å². The maximum absolute atomic E-state index is 12.4. The van der Waals surface area contributed by atoms with Crippen LogP contribution >= 0.6 is 11.6 Å². The molecule has 0 atom stereocenters. The van der Waals surface area contributed by atoms with Crippen LogP contribution in [0.3, 0.4) is 0 Å². The van der Waals surface area contributed by atoms with Gasteiger partial charge in [-0.25, -0.2) is 4.98 Å². The number of ether oxygens (including phenoxy) is 1. The molecule has 1 heterocycles. The van der Waals surface area contributed by atoms with Crippen molar-refractivity contribution < 1.29 is 14.5 Å². The molecule has 1 fully saturated rings. The highest BCUT2D eigenvalue weighted by atomic mass is 35.5. The van der Waals surface area contributed by atoms with Gasteiger partial charge in [-0.2, -0.15) is 0 Å². The Labute approximate surface area is 154 Å². The van der Waals surface area contributed by atoms with E-state index < -0.39 is 10.8 Å². The molecule has 1 saturated carbocycles. The maximum Gasteiger partial charge on any atom is 0.282 e. The molecular formula is C17H17ClN4O4. The largest absolute Gasteiger partial charge is 0.473 e. The smallest absolute Gasteiger partial charge is 0.282 e. The lowest BCUT2D eigenvalue weighted by atomic mass is 9.92. The Balaban J connectivity index is 1.57. The minimum Gasteiger partial charge on any atom is -0.473 e. The molecule has 1 aliphatic carbocycles. The van der Waals surface area contributed by atoms with E-state index >= 15 is 0 Å². The van der Waals surface area contributed by atoms with Gasteiger partial charge in [-0.1, -0.05) is 11.6 Å². The summed E-state index contributed by atoms with van der Waals surface area (Å²) in [5.41, 5.74) is -0.285. The second-order valence-electron chi connectivity index (χ2n) is 6.03. The van der Waals surface area contributed by atoms with Gasteiger partial charge in [0.1, 0.15) is 11.7 Å². The van der Waals surface area contributed by atoms with E-state index in [1.807, 2.05) is 0 Å². The lowest BCUT2D eigenvalue weighted by Crippen LogP contribution is -2.40. The number of carbonyl (C=O) groups is 1. The molecular weight excluding hydrogens is 360 g/mol. The first-order valence-electron chi connectivity index (χ1n) is 8.20. The molecule has 26 heavy (non-hydrogen) atoms. The molecule has 1 amide bonds. The summed E-state index contributed by atoms with van der Waals surface area (Å²) in [5, 5.41) is 14.2. The van der Waals surface area contributed by atoms with Crippen LogP contribution in [0.15, 0.2) is 36.8 Å². The number of nitro groups is 1. The lowest BCUT2D eigenvalue weighted by Gasteiger charge is -2.29. The van der Waals surface area contributed by atoms with Crippen LogP contribution in [-0.2, 0) is 0 Å². The number of rotatable bonds is 5. The second-order valence-corrected chi connectivity index (χ2v) is 6.46. The predicted molar refractivity (Wildman–Crippen MR) is 94.3 cm³/mol. The van der Waals surface area contributed by atoms with Crippen molar-refractivity contribution in [2.24, 2.45) is 0 Å². The Morgan fingerprint density at radius 1 is 1.27 bits per heavy atom. The number of hydrogen-bond acceptors (Lipinski definition) is 6. The van der Waals surface area contributed by atoms with Crippen LogP contribution in [-0.4, -0.2) is 32.9 Å². The highest BCUT2D eigenvalue weighted by Gasteiger charge is 2.27. The second kappa shape index (κ2) is 8.09. The summed E-state index contributed by atoms with van der Waals surface area (Å²) in [6.07, 6.45) is 7.65. The highest BCUT2D eigenvalue weighted by Crippen LogP contribution is 2.25. The molecule has 1 N–H and O–H groups in total. The Hall–Kier alpha value is -2.74. The summed E-state index contributed by atoms with van der Waals surface area (Å²) in [7, 11) is 0. The van der Waals surface area contributed by atoms with E-state index in [-0.39, 0.29) is 28.4 Å². The zero-order chi connectivity index (χ0) is 18.5. The molecule has 8 nitrogen and oxygen atoms in total. The molecule has 0 bridgehead atoms. The molecule has 0 radical (unpaired) electrons. The van der Waals surface area contributed by atoms with E-state index in [0.717, 1.165) is 12.8 Å². The Bertz CT molecular complexity index is 795. The van der Waals surface area contributed by atoms with E-state index in [4.69, 9.17) is 16.3 Å². The van der Waals surface area contributed by atoms with E-state index in [0.29, 0.717) is 18.7 Å². The van der Waals surface area contributed by atoms with Crippen molar-refractivity contribution >= 4 is 23.2 Å². The van der Waals surface area contributed by atoms with E-state index in [9.17, 15) is 14.9 Å². The zero-order valence-corrected chi connectivity index (χ0v) is 14.6. The van der Waals surface area contributed by atoms with Crippen LogP contribution < -0.4 is 10.1 Å². The predicted octanol–water partition coefficient (Wildman–Crippen LogP) is 3.16. The van der Waals surface area contributed by atoms with Crippen LogP contribution in [0.25, 0.3) is 0 Å². The van der Waals surface area contributed by atoms with Gasteiger partial charge in [0.05, 0.1) is 11.1 Å². The number of hydrogen-bond donors (Lipinski definition) is 1. The van der Waals surface area contributed by atoms with Crippen molar-refractivity contribution in [3.05, 3.63) is 57.5 Å². The van der Waals surface area contributed by atoms with Crippen molar-refractivity contribution in [2.75, 3.05) is 0 Å². The summed E-state index contributed by atoms with van der Waals surface area (Å²) in [5.74, 6) is -0.00738. The van der Waals surface area contributed by atoms with Crippen molar-refractivity contribution in [1.82, 2.24) is 15.3 Å². The fraction of sp³-hybridized carbons (Fsp3) is 0.353. The Kier molecular flexibility index (Phi) is 5.62. The summed E-state index contributed by atoms with van der Waals surface area (Å²) >= 11 is 5.87. The Morgan fingerprint density at radius 2 is 2.04 bits per heavy atom. The molecule has 0 aliphatic heterocycles. The van der Waals surface area contributed by atoms with Gasteiger partial charge < -0.3 is 10.1 Å². The summed E-state index contributed by atoms with van der Waals surface area (Å²) in [6.45, 7) is 0. The molecule has 9 heteroatoms. The molecule has 136 valence electrons. The number of nitrogens with zero attached hydrogens (tertiary/aromatic N) is 3. The third-order valence-corrected chi connectivity index (χ3v) is 4.47. The first kappa shape index (κ1) is 18.1. The van der Waals surface area contributed by atoms with Gasteiger partial charge in [0, 0.05) is 29.5 Å². The standard InChI is InChI=1S/C17H17ClN4O4/c18-11-1-6-15(22(24)25)14(9-11)17(23)21-12-2-4-13(5-3-12)26-16-10-19-7-8-20-16/h1,6-10,12-13H,2-5H2,(H,21,23). The van der Waals surface area contributed by atoms with Crippen molar-refractivity contribution in [2.45, 2.75) is 37.8 Å². The van der Waals surface area contributed by atoms with Crippen LogP contribution in [0.4, 0.5) is 5.69 Å². The minimum absolute atomic E-state index is 0.0142. The molecule has 3 rings (SSSR count). The quantitative estimate of drug-likeness (QED) is 0.634. The average Bonchev–Trinajstić information content (AvgIpc) is 2.64. The van der Waals surface area contributed by atoms with Crippen molar-refractivity contribution in [3.63, 3.8) is 0 Å². The molecule has 0 spiro atoms. The topological polar surface area (TPSA) is 107 Å². The van der Waals surface area contributed by atoms with Crippen LogP contribution in [0.2, 0.25) is 5.02 Å². The molecule has 0 unspecified atom stereocenters. The summed E-state index contributed by atoms with van der Waals surface area (Å²) in [6, 6.07) is 3.88. The third kappa shape index (κ3) is 4.45. The minimum atomic E-state index is -0.586. The maximum atomic E-state index is 12.4. The van der Waals surface area contributed by atoms with Gasteiger partial charge in [0.2, 0.25) is 5.88 Å². The van der Waals surface area contributed by atoms with Gasteiger partial charge in [0.15, 0.2) is 0 Å². The molecule has 0 saturated heterocycles. The van der Waals surface area contributed by atoms with Gasteiger partial charge in [-0.05, 0) is 37.8 Å². The molecule has 1 aromatic carbocycles. The number of nitrogens with one attached hydrogen (secondary N) is 1. The van der Waals surface area contributed by atoms with Gasteiger partial charge in [-0.15, -0.1) is 0 Å². The number of aromatic nitrogens is 2. The van der Waals surface area contributed by atoms with Gasteiger partial charge >= 0.3 is 0 Å². The SMILES string of the molecule is O=C(NC1CCC(Oc2cnccn2)CC1)c1cc(Cl)ccc1[N+](=O)[O-]. The monoisotopic (exact) mass is 376 g/mol. The number of halogens is 1. The van der Waals surface area contributed by atoms with Crippen LogP contribution in [0.5, 0.6) is 5.88 Å². The number of amides is 1. The summed E-state index contributed by atoms with van der Waals surface area (Å²) < 4.78 is 5.77. The van der Waals surface area contributed by atoms with Gasteiger partial charge in [0.25, 0.3) is 11.6 Å². The van der Waals surface area contributed by atoms with E-state index in [2.05, 4.69) is 15.3 Å². The van der Waals surface area contributed by atoms with Crippen LogP contribution in [0.1, 0.15) is 36.0 Å². The fourth-order valence-electron chi connectivity index (χ4n) is 2.95. The van der Waals surface area contributed by atoms with Gasteiger partial charge in [-0.3, -0.25) is 19.9 Å². The number of carbonyl (C=O) groups excluding carboxylic acids is 1. The molecule has 1 aliphatic rings. The average molecular weight is 377 g/mol. The fourth-order valence-corrected chi connectivity index (χ4v) is 3.13.